The summed E-state index contributed by atoms with van der Waals surface area (Å²) in [5, 5.41) is 0.475. The van der Waals surface area contributed by atoms with Crippen molar-refractivity contribution in [3.8, 4) is 0 Å². The summed E-state index contributed by atoms with van der Waals surface area (Å²) in [5.74, 6) is 0. The Morgan fingerprint density at radius 1 is 1.31 bits per heavy atom. The van der Waals surface area contributed by atoms with Crippen LogP contribution in [-0.4, -0.2) is 9.97 Å². The van der Waals surface area contributed by atoms with Crippen LogP contribution in [-0.2, 0) is 6.54 Å². The van der Waals surface area contributed by atoms with Crippen molar-refractivity contribution in [2.24, 2.45) is 5.73 Å². The number of nitrogens with two attached hydrogens (primary N) is 1. The molecule has 0 aliphatic rings. The van der Waals surface area contributed by atoms with Gasteiger partial charge < -0.3 is 5.73 Å². The van der Waals surface area contributed by atoms with Gasteiger partial charge in [0.25, 0.3) is 0 Å². The number of pyridine rings is 2. The SMILES string of the molecule is NCc1cnc2ccc(Cl)nc2c1. The Labute approximate surface area is 80.6 Å². The molecule has 2 heterocycles. The van der Waals surface area contributed by atoms with Crippen LogP contribution >= 0.6 is 11.6 Å². The highest BCUT2D eigenvalue weighted by atomic mass is 35.5. The Bertz CT molecular complexity index is 442. The normalized spacial score (nSPS) is 10.6. The number of nitrogens with zero attached hydrogens (tertiary/aromatic N) is 2. The van der Waals surface area contributed by atoms with Gasteiger partial charge in [-0.05, 0) is 23.8 Å². The van der Waals surface area contributed by atoms with Crippen LogP contribution < -0.4 is 5.73 Å². The molecule has 0 saturated heterocycles. The average Bonchev–Trinajstić information content (AvgIpc) is 2.16. The molecular weight excluding hydrogens is 186 g/mol. The fourth-order valence-electron chi connectivity index (χ4n) is 1.14. The standard InChI is InChI=1S/C9H8ClN3/c10-9-2-1-7-8(13-9)3-6(4-11)5-12-7/h1-3,5H,4,11H2. The van der Waals surface area contributed by atoms with Gasteiger partial charge in [0.05, 0.1) is 11.0 Å². The fraction of sp³-hybridized carbons (Fsp3) is 0.111. The molecular formula is C9H8ClN3. The number of hydrogen-bond donors (Lipinski definition) is 1. The van der Waals surface area contributed by atoms with Crippen molar-refractivity contribution in [1.29, 1.82) is 0 Å². The molecule has 0 radical (unpaired) electrons. The topological polar surface area (TPSA) is 51.8 Å². The highest BCUT2D eigenvalue weighted by Gasteiger charge is 1.98. The van der Waals surface area contributed by atoms with Crippen LogP contribution in [0, 0.1) is 0 Å². The van der Waals surface area contributed by atoms with Crippen molar-refractivity contribution < 1.29 is 0 Å². The largest absolute Gasteiger partial charge is 0.326 e. The summed E-state index contributed by atoms with van der Waals surface area (Å²) in [5.41, 5.74) is 8.06. The van der Waals surface area contributed by atoms with E-state index >= 15 is 0 Å². The van der Waals surface area contributed by atoms with Crippen molar-refractivity contribution >= 4 is 22.6 Å². The maximum absolute atomic E-state index is 5.74. The molecule has 0 aliphatic heterocycles. The minimum Gasteiger partial charge on any atom is -0.326 e. The molecule has 0 amide bonds. The zero-order chi connectivity index (χ0) is 9.26. The molecule has 0 bridgehead atoms. The second-order valence-corrected chi connectivity index (χ2v) is 3.11. The van der Waals surface area contributed by atoms with Gasteiger partial charge >= 0.3 is 0 Å². The van der Waals surface area contributed by atoms with E-state index in [0.717, 1.165) is 16.6 Å². The van der Waals surface area contributed by atoms with Crippen LogP contribution in [0.1, 0.15) is 5.56 Å². The predicted molar refractivity (Wildman–Crippen MR) is 52.4 cm³/mol. The second-order valence-electron chi connectivity index (χ2n) is 2.72. The lowest BCUT2D eigenvalue weighted by molar-refractivity contribution is 1.06. The van der Waals surface area contributed by atoms with Crippen molar-refractivity contribution in [3.05, 3.63) is 35.1 Å². The Hall–Kier alpha value is -1.19. The smallest absolute Gasteiger partial charge is 0.129 e. The molecule has 2 rings (SSSR count). The van der Waals surface area contributed by atoms with Gasteiger partial charge in [-0.2, -0.15) is 0 Å². The molecule has 13 heavy (non-hydrogen) atoms. The zero-order valence-corrected chi connectivity index (χ0v) is 7.62. The number of aromatic nitrogens is 2. The van der Waals surface area contributed by atoms with Crippen molar-refractivity contribution in [2.45, 2.75) is 6.54 Å². The first kappa shape index (κ1) is 8.41. The van der Waals surface area contributed by atoms with Crippen LogP contribution in [0.4, 0.5) is 0 Å². The summed E-state index contributed by atoms with van der Waals surface area (Å²) in [7, 11) is 0. The van der Waals surface area contributed by atoms with Gasteiger partial charge in [-0.15, -0.1) is 0 Å². The predicted octanol–water partition coefficient (Wildman–Crippen LogP) is 1.74. The van der Waals surface area contributed by atoms with Gasteiger partial charge in [-0.1, -0.05) is 11.6 Å². The molecule has 0 atom stereocenters. The maximum Gasteiger partial charge on any atom is 0.129 e. The third-order valence-electron chi connectivity index (χ3n) is 1.80. The number of hydrogen-bond acceptors (Lipinski definition) is 3. The molecule has 0 saturated carbocycles. The van der Waals surface area contributed by atoms with Crippen molar-refractivity contribution in [3.63, 3.8) is 0 Å². The summed E-state index contributed by atoms with van der Waals surface area (Å²) < 4.78 is 0. The third kappa shape index (κ3) is 1.61. The molecule has 2 N–H and O–H groups in total. The fourth-order valence-corrected chi connectivity index (χ4v) is 1.29. The van der Waals surface area contributed by atoms with E-state index in [1.165, 1.54) is 0 Å². The van der Waals surface area contributed by atoms with Gasteiger partial charge in [0.2, 0.25) is 0 Å². The summed E-state index contributed by atoms with van der Waals surface area (Å²) in [6.45, 7) is 0.469. The molecule has 0 unspecified atom stereocenters. The summed E-state index contributed by atoms with van der Waals surface area (Å²) in [6.07, 6.45) is 1.75. The van der Waals surface area contributed by atoms with Gasteiger partial charge in [0.15, 0.2) is 0 Å². The van der Waals surface area contributed by atoms with E-state index in [-0.39, 0.29) is 0 Å². The summed E-state index contributed by atoms with van der Waals surface area (Å²) in [4.78, 5) is 8.32. The van der Waals surface area contributed by atoms with E-state index in [1.54, 1.807) is 12.3 Å². The van der Waals surface area contributed by atoms with E-state index in [1.807, 2.05) is 12.1 Å². The maximum atomic E-state index is 5.74. The van der Waals surface area contributed by atoms with Crippen LogP contribution in [0.15, 0.2) is 24.4 Å². The van der Waals surface area contributed by atoms with Gasteiger partial charge in [0, 0.05) is 12.7 Å². The van der Waals surface area contributed by atoms with Crippen LogP contribution in [0.2, 0.25) is 5.15 Å². The Kier molecular flexibility index (Phi) is 2.12. The Balaban J connectivity index is 2.68. The second kappa shape index (κ2) is 3.28. The number of rotatable bonds is 1. The van der Waals surface area contributed by atoms with E-state index in [0.29, 0.717) is 11.7 Å². The van der Waals surface area contributed by atoms with E-state index < -0.39 is 0 Å². The molecule has 2 aromatic heterocycles. The van der Waals surface area contributed by atoms with Crippen molar-refractivity contribution in [2.75, 3.05) is 0 Å². The highest BCUT2D eigenvalue weighted by Crippen LogP contribution is 2.13. The quantitative estimate of drug-likeness (QED) is 0.702. The number of halogens is 1. The van der Waals surface area contributed by atoms with Crippen LogP contribution in [0.5, 0.6) is 0 Å². The van der Waals surface area contributed by atoms with E-state index in [2.05, 4.69) is 9.97 Å². The molecule has 0 spiro atoms. The van der Waals surface area contributed by atoms with Gasteiger partial charge in [0.1, 0.15) is 5.15 Å². The Morgan fingerprint density at radius 3 is 2.92 bits per heavy atom. The first-order chi connectivity index (χ1) is 6.29. The highest BCUT2D eigenvalue weighted by molar-refractivity contribution is 6.29. The molecule has 0 aromatic carbocycles. The molecule has 4 heteroatoms. The van der Waals surface area contributed by atoms with Crippen LogP contribution in [0.25, 0.3) is 11.0 Å². The van der Waals surface area contributed by atoms with Crippen LogP contribution in [0.3, 0.4) is 0 Å². The minimum atomic E-state index is 0.469. The Morgan fingerprint density at radius 2 is 2.15 bits per heavy atom. The number of fused-ring (bicyclic) bond motifs is 1. The lowest BCUT2D eigenvalue weighted by atomic mass is 10.2. The molecule has 0 aliphatic carbocycles. The molecule has 2 aromatic rings. The average molecular weight is 194 g/mol. The van der Waals surface area contributed by atoms with E-state index in [9.17, 15) is 0 Å². The van der Waals surface area contributed by atoms with Gasteiger partial charge in [-0.25, -0.2) is 4.98 Å². The minimum absolute atomic E-state index is 0.469. The monoisotopic (exact) mass is 193 g/mol. The van der Waals surface area contributed by atoms with Gasteiger partial charge in [-0.3, -0.25) is 4.98 Å². The zero-order valence-electron chi connectivity index (χ0n) is 6.87. The first-order valence-corrected chi connectivity index (χ1v) is 4.28. The third-order valence-corrected chi connectivity index (χ3v) is 2.01. The van der Waals surface area contributed by atoms with Crippen molar-refractivity contribution in [1.82, 2.24) is 9.97 Å². The molecule has 3 nitrogen and oxygen atoms in total. The lowest BCUT2D eigenvalue weighted by Gasteiger charge is -1.99. The first-order valence-electron chi connectivity index (χ1n) is 3.91. The lowest BCUT2D eigenvalue weighted by Crippen LogP contribution is -1.97. The summed E-state index contributed by atoms with van der Waals surface area (Å²) in [6, 6.07) is 5.46. The summed E-state index contributed by atoms with van der Waals surface area (Å²) >= 11 is 5.74. The molecule has 66 valence electrons. The van der Waals surface area contributed by atoms with E-state index in [4.69, 9.17) is 17.3 Å². The molecule has 0 fully saturated rings.